The third-order valence-corrected chi connectivity index (χ3v) is 2.68. The van der Waals surface area contributed by atoms with Gasteiger partial charge in [0.2, 0.25) is 0 Å². The van der Waals surface area contributed by atoms with E-state index in [9.17, 15) is 0 Å². The number of halogens is 1. The molecule has 0 aliphatic carbocycles. The molecule has 1 atom stereocenters. The predicted octanol–water partition coefficient (Wildman–Crippen LogP) is 4.09. The van der Waals surface area contributed by atoms with E-state index in [0.29, 0.717) is 5.02 Å². The van der Waals surface area contributed by atoms with Crippen LogP contribution >= 0.6 is 11.6 Å². The van der Waals surface area contributed by atoms with Crippen LogP contribution in [-0.2, 0) is 0 Å². The lowest BCUT2D eigenvalue weighted by Gasteiger charge is -2.15. The zero-order chi connectivity index (χ0) is 12.1. The Morgan fingerprint density at radius 3 is 2.29 bits per heavy atom. The summed E-state index contributed by atoms with van der Waals surface area (Å²) in [6, 6.07) is 16.9. The first-order valence-electron chi connectivity index (χ1n) is 5.23. The minimum Gasteiger partial charge on any atom is -0.473 e. The van der Waals surface area contributed by atoms with Gasteiger partial charge in [0.05, 0.1) is 0 Å². The minimum absolute atomic E-state index is 0.467. The van der Waals surface area contributed by atoms with Gasteiger partial charge in [-0.3, -0.25) is 0 Å². The molecule has 0 aromatic heterocycles. The van der Waals surface area contributed by atoms with Crippen LogP contribution in [0.2, 0.25) is 5.02 Å². The van der Waals surface area contributed by atoms with Crippen molar-refractivity contribution >= 4 is 11.6 Å². The van der Waals surface area contributed by atoms with Crippen molar-refractivity contribution in [3.8, 4) is 18.1 Å². The van der Waals surface area contributed by atoms with Crippen molar-refractivity contribution in [3.63, 3.8) is 0 Å². The Morgan fingerprint density at radius 2 is 1.65 bits per heavy atom. The summed E-state index contributed by atoms with van der Waals surface area (Å²) in [5.74, 6) is 3.33. The van der Waals surface area contributed by atoms with E-state index in [-0.39, 0.29) is 0 Å². The van der Waals surface area contributed by atoms with Gasteiger partial charge >= 0.3 is 0 Å². The third-order valence-electron chi connectivity index (χ3n) is 2.34. The Labute approximate surface area is 106 Å². The molecule has 2 aromatic rings. The summed E-state index contributed by atoms with van der Waals surface area (Å²) in [6.07, 6.45) is 5.02. The van der Waals surface area contributed by atoms with E-state index in [4.69, 9.17) is 22.8 Å². The lowest BCUT2D eigenvalue weighted by molar-refractivity contribution is 0.265. The molecule has 0 fully saturated rings. The summed E-state index contributed by atoms with van der Waals surface area (Å²) >= 11 is 6.09. The molecule has 0 aliphatic heterocycles. The number of hydrogen-bond donors (Lipinski definition) is 0. The molecule has 2 heteroatoms. The van der Waals surface area contributed by atoms with Gasteiger partial charge in [0, 0.05) is 10.6 Å². The summed E-state index contributed by atoms with van der Waals surface area (Å²) in [7, 11) is 0. The van der Waals surface area contributed by atoms with Gasteiger partial charge in [-0.1, -0.05) is 53.9 Å². The Balaban J connectivity index is 2.25. The summed E-state index contributed by atoms with van der Waals surface area (Å²) in [6.45, 7) is 0. The first-order valence-corrected chi connectivity index (χ1v) is 5.61. The number of terminal acetylenes is 1. The first-order chi connectivity index (χ1) is 8.31. The number of para-hydroxylation sites is 1. The van der Waals surface area contributed by atoms with Gasteiger partial charge in [-0.15, -0.1) is 6.42 Å². The molecule has 0 bridgehead atoms. The van der Waals surface area contributed by atoms with Gasteiger partial charge < -0.3 is 4.74 Å². The van der Waals surface area contributed by atoms with Crippen molar-refractivity contribution in [1.82, 2.24) is 0 Å². The lowest BCUT2D eigenvalue weighted by atomic mass is 10.1. The lowest BCUT2D eigenvalue weighted by Crippen LogP contribution is -2.05. The van der Waals surface area contributed by atoms with Gasteiger partial charge in [0.15, 0.2) is 6.10 Å². The summed E-state index contributed by atoms with van der Waals surface area (Å²) in [5.41, 5.74) is 0.806. The van der Waals surface area contributed by atoms with Crippen LogP contribution in [0.15, 0.2) is 54.6 Å². The standard InChI is InChI=1S/C15H11ClO/c1-2-15(13-10-6-7-11-14(13)16)17-12-8-4-3-5-9-12/h1,3-11,15H. The van der Waals surface area contributed by atoms with Crippen LogP contribution in [0.5, 0.6) is 5.75 Å². The second kappa shape index (κ2) is 5.43. The van der Waals surface area contributed by atoms with Crippen LogP contribution in [0.4, 0.5) is 0 Å². The molecule has 0 amide bonds. The maximum Gasteiger partial charge on any atom is 0.185 e. The van der Waals surface area contributed by atoms with E-state index in [1.54, 1.807) is 6.07 Å². The van der Waals surface area contributed by atoms with Crippen molar-refractivity contribution in [1.29, 1.82) is 0 Å². The molecular weight excluding hydrogens is 232 g/mol. The molecule has 0 N–H and O–H groups in total. The van der Waals surface area contributed by atoms with Crippen LogP contribution in [-0.4, -0.2) is 0 Å². The Kier molecular flexibility index (Phi) is 3.69. The molecule has 2 rings (SSSR count). The van der Waals surface area contributed by atoms with Crippen molar-refractivity contribution in [2.24, 2.45) is 0 Å². The van der Waals surface area contributed by atoms with E-state index in [1.807, 2.05) is 48.5 Å². The molecule has 0 spiro atoms. The molecule has 17 heavy (non-hydrogen) atoms. The molecule has 2 aromatic carbocycles. The fraction of sp³-hybridized carbons (Fsp3) is 0.0667. The van der Waals surface area contributed by atoms with Crippen molar-refractivity contribution in [2.75, 3.05) is 0 Å². The number of rotatable bonds is 3. The van der Waals surface area contributed by atoms with Crippen LogP contribution in [0, 0.1) is 12.3 Å². The molecule has 0 radical (unpaired) electrons. The monoisotopic (exact) mass is 242 g/mol. The average molecular weight is 243 g/mol. The average Bonchev–Trinajstić information content (AvgIpc) is 2.38. The second-order valence-corrected chi connectivity index (χ2v) is 3.91. The molecular formula is C15H11ClO. The van der Waals surface area contributed by atoms with Gasteiger partial charge in [-0.25, -0.2) is 0 Å². The highest BCUT2D eigenvalue weighted by Crippen LogP contribution is 2.26. The second-order valence-electron chi connectivity index (χ2n) is 3.50. The molecule has 0 aliphatic rings. The molecule has 0 saturated carbocycles. The molecule has 0 heterocycles. The minimum atomic E-state index is -0.467. The molecule has 84 valence electrons. The van der Waals surface area contributed by atoms with Crippen molar-refractivity contribution in [2.45, 2.75) is 6.10 Å². The number of benzene rings is 2. The fourth-order valence-electron chi connectivity index (χ4n) is 1.51. The van der Waals surface area contributed by atoms with Gasteiger partial charge in [0.1, 0.15) is 5.75 Å². The highest BCUT2D eigenvalue weighted by Gasteiger charge is 2.12. The largest absolute Gasteiger partial charge is 0.473 e. The van der Waals surface area contributed by atoms with Crippen molar-refractivity contribution < 1.29 is 4.74 Å². The van der Waals surface area contributed by atoms with Gasteiger partial charge in [-0.05, 0) is 18.2 Å². The first kappa shape index (κ1) is 11.6. The maximum atomic E-state index is 6.09. The molecule has 1 unspecified atom stereocenters. The fourth-order valence-corrected chi connectivity index (χ4v) is 1.74. The SMILES string of the molecule is C#CC(Oc1ccccc1)c1ccccc1Cl. The van der Waals surface area contributed by atoms with Crippen LogP contribution in [0.3, 0.4) is 0 Å². The van der Waals surface area contributed by atoms with E-state index in [1.165, 1.54) is 0 Å². The topological polar surface area (TPSA) is 9.23 Å². The Morgan fingerprint density at radius 1 is 1.00 bits per heavy atom. The van der Waals surface area contributed by atoms with Crippen molar-refractivity contribution in [3.05, 3.63) is 65.2 Å². The zero-order valence-corrected chi connectivity index (χ0v) is 9.89. The number of hydrogen-bond acceptors (Lipinski definition) is 1. The maximum absolute atomic E-state index is 6.09. The highest BCUT2D eigenvalue weighted by atomic mass is 35.5. The third kappa shape index (κ3) is 2.81. The quantitative estimate of drug-likeness (QED) is 0.737. The van der Waals surface area contributed by atoms with Gasteiger partial charge in [0.25, 0.3) is 0 Å². The van der Waals surface area contributed by atoms with E-state index in [2.05, 4.69) is 5.92 Å². The van der Waals surface area contributed by atoms with E-state index >= 15 is 0 Å². The summed E-state index contributed by atoms with van der Waals surface area (Å²) < 4.78 is 5.71. The Hall–Kier alpha value is -1.91. The normalized spacial score (nSPS) is 11.5. The predicted molar refractivity (Wildman–Crippen MR) is 70.1 cm³/mol. The van der Waals surface area contributed by atoms with Crippen LogP contribution in [0.1, 0.15) is 11.7 Å². The Bertz CT molecular complexity index is 528. The zero-order valence-electron chi connectivity index (χ0n) is 9.14. The smallest absolute Gasteiger partial charge is 0.185 e. The molecule has 1 nitrogen and oxygen atoms in total. The summed E-state index contributed by atoms with van der Waals surface area (Å²) in [4.78, 5) is 0. The molecule has 0 saturated heterocycles. The summed E-state index contributed by atoms with van der Waals surface area (Å²) in [5, 5.41) is 0.617. The van der Waals surface area contributed by atoms with Crippen LogP contribution in [0.25, 0.3) is 0 Å². The number of ether oxygens (including phenoxy) is 1. The van der Waals surface area contributed by atoms with Gasteiger partial charge in [-0.2, -0.15) is 0 Å². The van der Waals surface area contributed by atoms with E-state index < -0.39 is 6.10 Å². The van der Waals surface area contributed by atoms with Crippen LogP contribution < -0.4 is 4.74 Å². The highest BCUT2D eigenvalue weighted by molar-refractivity contribution is 6.31. The van der Waals surface area contributed by atoms with E-state index in [0.717, 1.165) is 11.3 Å².